The Kier molecular flexibility index (Phi) is 4.92. The van der Waals surface area contributed by atoms with Crippen LogP contribution in [0.5, 0.6) is 5.75 Å². The molecule has 5 N–H and O–H groups in total. The van der Waals surface area contributed by atoms with Gasteiger partial charge in [-0.15, -0.1) is 0 Å². The fraction of sp³-hybridized carbons (Fsp3) is 0.188. The van der Waals surface area contributed by atoms with Crippen molar-refractivity contribution < 1.29 is 15.0 Å². The number of benzene rings is 2. The molecule has 0 radical (unpaired) electrons. The third-order valence-corrected chi connectivity index (χ3v) is 3.13. The van der Waals surface area contributed by atoms with E-state index in [1.807, 2.05) is 0 Å². The van der Waals surface area contributed by atoms with Gasteiger partial charge >= 0.3 is 0 Å². The summed E-state index contributed by atoms with van der Waals surface area (Å²) >= 11 is 0. The molecule has 0 unspecified atom stereocenters. The Bertz CT molecular complexity index is 594. The van der Waals surface area contributed by atoms with Crippen LogP contribution in [-0.2, 0) is 17.8 Å². The molecule has 0 aliphatic carbocycles. The summed E-state index contributed by atoms with van der Waals surface area (Å²) in [6, 6.07) is 12.8. The summed E-state index contributed by atoms with van der Waals surface area (Å²) in [5.41, 5.74) is 8.17. The van der Waals surface area contributed by atoms with Crippen LogP contribution < -0.4 is 11.1 Å². The lowest BCUT2D eigenvalue weighted by Gasteiger charge is -2.12. The topological polar surface area (TPSA) is 95.6 Å². The number of anilines is 1. The molecular weight excluding hydrogens is 268 g/mol. The van der Waals surface area contributed by atoms with Gasteiger partial charge in [-0.2, -0.15) is 0 Å². The van der Waals surface area contributed by atoms with E-state index < -0.39 is 6.04 Å². The summed E-state index contributed by atoms with van der Waals surface area (Å²) in [7, 11) is 0. The lowest BCUT2D eigenvalue weighted by molar-refractivity contribution is -0.117. The molecule has 0 aliphatic heterocycles. The maximum atomic E-state index is 12.0. The minimum atomic E-state index is -0.674. The van der Waals surface area contributed by atoms with Gasteiger partial charge in [0.15, 0.2) is 0 Å². The maximum Gasteiger partial charge on any atom is 0.241 e. The molecule has 0 saturated heterocycles. The highest BCUT2D eigenvalue weighted by atomic mass is 16.3. The van der Waals surface area contributed by atoms with Gasteiger partial charge in [0.25, 0.3) is 0 Å². The number of phenolic OH excluding ortho intramolecular Hbond substituents is 1. The molecule has 5 nitrogen and oxygen atoms in total. The molecule has 1 amide bonds. The summed E-state index contributed by atoms with van der Waals surface area (Å²) < 4.78 is 0. The SMILES string of the molecule is N[C@H](Cc1ccc(O)cc1)C(=O)Nc1ccc(CO)cc1. The lowest BCUT2D eigenvalue weighted by Crippen LogP contribution is -2.37. The number of rotatable bonds is 5. The van der Waals surface area contributed by atoms with E-state index in [1.54, 1.807) is 48.5 Å². The average molecular weight is 286 g/mol. The van der Waals surface area contributed by atoms with Gasteiger partial charge in [0.05, 0.1) is 12.6 Å². The second kappa shape index (κ2) is 6.88. The predicted octanol–water partition coefficient (Wildman–Crippen LogP) is 1.39. The minimum Gasteiger partial charge on any atom is -0.508 e. The Labute approximate surface area is 123 Å². The Morgan fingerprint density at radius 1 is 1.05 bits per heavy atom. The molecule has 0 aliphatic rings. The van der Waals surface area contributed by atoms with Crippen molar-refractivity contribution in [1.82, 2.24) is 0 Å². The monoisotopic (exact) mass is 286 g/mol. The molecule has 0 bridgehead atoms. The number of phenols is 1. The van der Waals surface area contributed by atoms with Crippen molar-refractivity contribution >= 4 is 11.6 Å². The van der Waals surface area contributed by atoms with Crippen LogP contribution in [0.15, 0.2) is 48.5 Å². The highest BCUT2D eigenvalue weighted by Gasteiger charge is 2.14. The molecule has 2 aromatic carbocycles. The molecular formula is C16H18N2O3. The molecule has 5 heteroatoms. The summed E-state index contributed by atoms with van der Waals surface area (Å²) in [5.74, 6) is -0.0967. The summed E-state index contributed by atoms with van der Waals surface area (Å²) in [4.78, 5) is 12.0. The van der Waals surface area contributed by atoms with Gasteiger partial charge in [0.2, 0.25) is 5.91 Å². The highest BCUT2D eigenvalue weighted by molar-refractivity contribution is 5.94. The van der Waals surface area contributed by atoms with Crippen molar-refractivity contribution in [3.63, 3.8) is 0 Å². The van der Waals surface area contributed by atoms with E-state index in [9.17, 15) is 9.90 Å². The van der Waals surface area contributed by atoms with Crippen molar-refractivity contribution in [3.05, 3.63) is 59.7 Å². The number of aromatic hydroxyl groups is 1. The first-order valence-corrected chi connectivity index (χ1v) is 6.62. The smallest absolute Gasteiger partial charge is 0.241 e. The van der Waals surface area contributed by atoms with Crippen LogP contribution in [0.2, 0.25) is 0 Å². The number of nitrogens with two attached hydrogens (primary N) is 1. The Morgan fingerprint density at radius 3 is 2.19 bits per heavy atom. The number of amides is 1. The number of hydrogen-bond acceptors (Lipinski definition) is 4. The third kappa shape index (κ3) is 4.30. The van der Waals surface area contributed by atoms with Gasteiger partial charge in [-0.25, -0.2) is 0 Å². The number of carbonyl (C=O) groups excluding carboxylic acids is 1. The van der Waals surface area contributed by atoms with E-state index in [-0.39, 0.29) is 18.3 Å². The third-order valence-electron chi connectivity index (χ3n) is 3.13. The second-order valence-corrected chi connectivity index (χ2v) is 4.82. The fourth-order valence-corrected chi connectivity index (χ4v) is 1.91. The average Bonchev–Trinajstić information content (AvgIpc) is 2.50. The van der Waals surface area contributed by atoms with Crippen LogP contribution in [0.3, 0.4) is 0 Å². The zero-order valence-electron chi connectivity index (χ0n) is 11.5. The first-order valence-electron chi connectivity index (χ1n) is 6.62. The molecule has 1 atom stereocenters. The summed E-state index contributed by atoms with van der Waals surface area (Å²) in [5, 5.41) is 20.9. The molecule has 0 spiro atoms. The molecule has 0 fully saturated rings. The number of nitrogens with one attached hydrogen (secondary N) is 1. The minimum absolute atomic E-state index is 0.0331. The number of hydrogen-bond donors (Lipinski definition) is 4. The zero-order valence-corrected chi connectivity index (χ0v) is 11.5. The molecule has 110 valence electrons. The van der Waals surface area contributed by atoms with Crippen molar-refractivity contribution in [2.24, 2.45) is 5.73 Å². The molecule has 2 aromatic rings. The van der Waals surface area contributed by atoms with E-state index >= 15 is 0 Å². The van der Waals surface area contributed by atoms with E-state index in [0.29, 0.717) is 12.1 Å². The van der Waals surface area contributed by atoms with Crippen LogP contribution in [0.1, 0.15) is 11.1 Å². The first kappa shape index (κ1) is 15.0. The quantitative estimate of drug-likeness (QED) is 0.668. The number of aliphatic hydroxyl groups is 1. The van der Waals surface area contributed by atoms with E-state index in [2.05, 4.69) is 5.32 Å². The molecule has 0 aromatic heterocycles. The van der Waals surface area contributed by atoms with Gasteiger partial charge in [-0.05, 0) is 41.8 Å². The van der Waals surface area contributed by atoms with E-state index in [1.165, 1.54) is 0 Å². The summed E-state index contributed by atoms with van der Waals surface area (Å²) in [6.07, 6.45) is 0.390. The van der Waals surface area contributed by atoms with Crippen molar-refractivity contribution in [1.29, 1.82) is 0 Å². The van der Waals surface area contributed by atoms with Gasteiger partial charge < -0.3 is 21.3 Å². The Morgan fingerprint density at radius 2 is 1.62 bits per heavy atom. The van der Waals surface area contributed by atoms with E-state index in [0.717, 1.165) is 11.1 Å². The van der Waals surface area contributed by atoms with Gasteiger partial charge in [-0.1, -0.05) is 24.3 Å². The van der Waals surface area contributed by atoms with Gasteiger partial charge in [-0.3, -0.25) is 4.79 Å². The van der Waals surface area contributed by atoms with Crippen LogP contribution >= 0.6 is 0 Å². The lowest BCUT2D eigenvalue weighted by atomic mass is 10.1. The van der Waals surface area contributed by atoms with Crippen LogP contribution in [-0.4, -0.2) is 22.2 Å². The Balaban J connectivity index is 1.93. The van der Waals surface area contributed by atoms with Crippen molar-refractivity contribution in [3.8, 4) is 5.75 Å². The normalized spacial score (nSPS) is 11.9. The predicted molar refractivity (Wildman–Crippen MR) is 80.8 cm³/mol. The van der Waals surface area contributed by atoms with Crippen LogP contribution in [0, 0.1) is 0 Å². The fourth-order valence-electron chi connectivity index (χ4n) is 1.91. The largest absolute Gasteiger partial charge is 0.508 e. The first-order chi connectivity index (χ1) is 10.1. The Hall–Kier alpha value is -2.37. The van der Waals surface area contributed by atoms with Crippen molar-refractivity contribution in [2.45, 2.75) is 19.1 Å². The molecule has 21 heavy (non-hydrogen) atoms. The summed E-state index contributed by atoms with van der Waals surface area (Å²) in [6.45, 7) is -0.0331. The van der Waals surface area contributed by atoms with Crippen LogP contribution in [0.4, 0.5) is 5.69 Å². The standard InChI is InChI=1S/C16H18N2O3/c17-15(9-11-3-7-14(20)8-4-11)16(21)18-13-5-1-12(10-19)2-6-13/h1-8,15,19-20H,9-10,17H2,(H,18,21)/t15-/m1/s1. The second-order valence-electron chi connectivity index (χ2n) is 4.82. The number of carbonyl (C=O) groups is 1. The van der Waals surface area contributed by atoms with E-state index in [4.69, 9.17) is 10.8 Å². The van der Waals surface area contributed by atoms with Gasteiger partial charge in [0, 0.05) is 5.69 Å². The number of aliphatic hydroxyl groups excluding tert-OH is 1. The molecule has 0 saturated carbocycles. The van der Waals surface area contributed by atoms with Crippen molar-refractivity contribution in [2.75, 3.05) is 5.32 Å². The van der Waals surface area contributed by atoms with Gasteiger partial charge in [0.1, 0.15) is 5.75 Å². The maximum absolute atomic E-state index is 12.0. The van der Waals surface area contributed by atoms with Crippen LogP contribution in [0.25, 0.3) is 0 Å². The highest BCUT2D eigenvalue weighted by Crippen LogP contribution is 2.13. The zero-order chi connectivity index (χ0) is 15.2. The molecule has 2 rings (SSSR count). The molecule has 0 heterocycles.